The number of hydrogen-bond acceptors (Lipinski definition) is 2. The van der Waals surface area contributed by atoms with Crippen LogP contribution in [0.15, 0.2) is 18.2 Å². The summed E-state index contributed by atoms with van der Waals surface area (Å²) in [7, 11) is 0. The lowest BCUT2D eigenvalue weighted by molar-refractivity contribution is 0.230. The van der Waals surface area contributed by atoms with Crippen LogP contribution in [-0.2, 0) is 0 Å². The minimum Gasteiger partial charge on any atom is -0.374 e. The predicted octanol–water partition coefficient (Wildman–Crippen LogP) is 2.04. The van der Waals surface area contributed by atoms with E-state index in [1.165, 1.54) is 24.3 Å². The van der Waals surface area contributed by atoms with Gasteiger partial charge in [0.15, 0.2) is 6.10 Å². The maximum atomic E-state index is 13.0. The summed E-state index contributed by atoms with van der Waals surface area (Å²) in [6, 6.07) is 5.65. The van der Waals surface area contributed by atoms with Gasteiger partial charge in [-0.3, -0.25) is 0 Å². The summed E-state index contributed by atoms with van der Waals surface area (Å²) in [5.41, 5.74) is -0.0926. The predicted molar refractivity (Wildman–Crippen MR) is 42.0 cm³/mol. The van der Waals surface area contributed by atoms with Crippen LogP contribution < -0.4 is 0 Å². The van der Waals surface area contributed by atoms with E-state index in [0.29, 0.717) is 0 Å². The molecule has 12 heavy (non-hydrogen) atoms. The molecule has 0 amide bonds. The topological polar surface area (TPSA) is 44.0 Å². The number of nitrogens with zero attached hydrogens (tertiary/aromatic N) is 1. The van der Waals surface area contributed by atoms with E-state index in [-0.39, 0.29) is 10.6 Å². The summed E-state index contributed by atoms with van der Waals surface area (Å²) in [6.45, 7) is 0. The molecule has 0 spiro atoms. The van der Waals surface area contributed by atoms with Gasteiger partial charge >= 0.3 is 0 Å². The Morgan fingerprint density at radius 2 is 2.25 bits per heavy atom. The van der Waals surface area contributed by atoms with E-state index in [2.05, 4.69) is 0 Å². The molecule has 62 valence electrons. The zero-order valence-electron chi connectivity index (χ0n) is 5.96. The molecule has 2 nitrogen and oxygen atoms in total. The number of benzene rings is 1. The van der Waals surface area contributed by atoms with E-state index in [0.717, 1.165) is 0 Å². The Morgan fingerprint density at radius 3 is 2.83 bits per heavy atom. The quantitative estimate of drug-likeness (QED) is 0.681. The van der Waals surface area contributed by atoms with Crippen LogP contribution in [-0.4, -0.2) is 5.11 Å². The molecule has 1 aromatic rings. The van der Waals surface area contributed by atoms with Crippen molar-refractivity contribution in [3.8, 4) is 6.07 Å². The molecule has 0 aliphatic rings. The fraction of sp³-hybridized carbons (Fsp3) is 0.125. The number of aliphatic hydroxyl groups is 1. The Bertz CT molecular complexity index is 334. The summed E-state index contributed by atoms with van der Waals surface area (Å²) in [5.74, 6) is -0.742. The Hall–Kier alpha value is -1.11. The molecule has 1 unspecified atom stereocenters. The lowest BCUT2D eigenvalue weighted by atomic mass is 10.1. The van der Waals surface area contributed by atoms with Crippen LogP contribution in [0.4, 0.5) is 4.39 Å². The zero-order valence-corrected chi connectivity index (χ0v) is 6.72. The van der Waals surface area contributed by atoms with Gasteiger partial charge in [0.25, 0.3) is 0 Å². The first-order valence-electron chi connectivity index (χ1n) is 3.18. The van der Waals surface area contributed by atoms with Crippen molar-refractivity contribution in [3.05, 3.63) is 34.6 Å². The molecular formula is C8H5ClFNO. The fourth-order valence-corrected chi connectivity index (χ4v) is 0.983. The highest BCUT2D eigenvalue weighted by Gasteiger charge is 2.13. The summed E-state index contributed by atoms with van der Waals surface area (Å²) in [6.07, 6.45) is -1.45. The SMILES string of the molecule is N#CC(O)c1cccc(Cl)c1F. The molecular weight excluding hydrogens is 181 g/mol. The second-order valence-corrected chi connectivity index (χ2v) is 2.58. The summed E-state index contributed by atoms with van der Waals surface area (Å²) in [4.78, 5) is 0. The normalized spacial score (nSPS) is 12.2. The van der Waals surface area contributed by atoms with E-state index in [4.69, 9.17) is 22.0 Å². The first-order valence-corrected chi connectivity index (χ1v) is 3.56. The van der Waals surface area contributed by atoms with Gasteiger partial charge in [-0.2, -0.15) is 5.26 Å². The summed E-state index contributed by atoms with van der Waals surface area (Å²) < 4.78 is 13.0. The van der Waals surface area contributed by atoms with Gasteiger partial charge < -0.3 is 5.11 Å². The van der Waals surface area contributed by atoms with Gasteiger partial charge in [-0.1, -0.05) is 23.7 Å². The van der Waals surface area contributed by atoms with Crippen LogP contribution in [0.3, 0.4) is 0 Å². The number of hydrogen-bond donors (Lipinski definition) is 1. The highest BCUT2D eigenvalue weighted by Crippen LogP contribution is 2.22. The van der Waals surface area contributed by atoms with Gasteiger partial charge in [-0.05, 0) is 6.07 Å². The van der Waals surface area contributed by atoms with Gasteiger partial charge in [-0.25, -0.2) is 4.39 Å². The van der Waals surface area contributed by atoms with Gasteiger partial charge in [0.05, 0.1) is 11.1 Å². The van der Waals surface area contributed by atoms with Crippen molar-refractivity contribution >= 4 is 11.6 Å². The van der Waals surface area contributed by atoms with Crippen LogP contribution >= 0.6 is 11.6 Å². The van der Waals surface area contributed by atoms with Gasteiger partial charge in [0.1, 0.15) is 5.82 Å². The van der Waals surface area contributed by atoms with Crippen molar-refractivity contribution in [1.29, 1.82) is 5.26 Å². The minimum atomic E-state index is -1.45. The maximum Gasteiger partial charge on any atom is 0.168 e. The van der Waals surface area contributed by atoms with E-state index >= 15 is 0 Å². The smallest absolute Gasteiger partial charge is 0.168 e. The molecule has 0 bridgehead atoms. The molecule has 4 heteroatoms. The molecule has 0 saturated heterocycles. The highest BCUT2D eigenvalue weighted by atomic mass is 35.5. The Kier molecular flexibility index (Phi) is 2.64. The van der Waals surface area contributed by atoms with Crippen LogP contribution in [0.1, 0.15) is 11.7 Å². The third-order valence-corrected chi connectivity index (χ3v) is 1.69. The lowest BCUT2D eigenvalue weighted by Gasteiger charge is -2.03. The Balaban J connectivity index is 3.18. The first kappa shape index (κ1) is 8.98. The van der Waals surface area contributed by atoms with Crippen molar-refractivity contribution in [1.82, 2.24) is 0 Å². The van der Waals surface area contributed by atoms with Gasteiger partial charge in [-0.15, -0.1) is 0 Å². The van der Waals surface area contributed by atoms with Crippen LogP contribution in [0, 0.1) is 17.1 Å². The molecule has 1 rings (SSSR count). The number of halogens is 2. The molecule has 0 aromatic heterocycles. The second kappa shape index (κ2) is 3.53. The zero-order chi connectivity index (χ0) is 9.14. The van der Waals surface area contributed by atoms with E-state index in [1.807, 2.05) is 0 Å². The molecule has 0 saturated carbocycles. The molecule has 0 aliphatic heterocycles. The molecule has 1 N–H and O–H groups in total. The minimum absolute atomic E-state index is 0.0926. The largest absolute Gasteiger partial charge is 0.374 e. The number of aliphatic hydroxyl groups excluding tert-OH is 1. The first-order chi connectivity index (χ1) is 5.66. The second-order valence-electron chi connectivity index (χ2n) is 2.17. The number of nitriles is 1. The molecule has 1 atom stereocenters. The van der Waals surface area contributed by atoms with Gasteiger partial charge in [0.2, 0.25) is 0 Å². The highest BCUT2D eigenvalue weighted by molar-refractivity contribution is 6.30. The number of rotatable bonds is 1. The van der Waals surface area contributed by atoms with Gasteiger partial charge in [0, 0.05) is 5.56 Å². The Labute approximate surface area is 73.8 Å². The van der Waals surface area contributed by atoms with Crippen molar-refractivity contribution in [2.75, 3.05) is 0 Å². The molecule has 1 aromatic carbocycles. The van der Waals surface area contributed by atoms with Crippen LogP contribution in [0.2, 0.25) is 5.02 Å². The van der Waals surface area contributed by atoms with E-state index in [9.17, 15) is 4.39 Å². The summed E-state index contributed by atoms with van der Waals surface area (Å²) >= 11 is 5.42. The maximum absolute atomic E-state index is 13.0. The Morgan fingerprint density at radius 1 is 1.58 bits per heavy atom. The molecule has 0 radical (unpaired) electrons. The molecule has 0 fully saturated rings. The average molecular weight is 186 g/mol. The van der Waals surface area contributed by atoms with E-state index in [1.54, 1.807) is 0 Å². The standard InChI is InChI=1S/C8H5ClFNO/c9-6-3-1-2-5(8(6)10)7(12)4-11/h1-3,7,12H. The van der Waals surface area contributed by atoms with Crippen LogP contribution in [0.25, 0.3) is 0 Å². The molecule has 0 aliphatic carbocycles. The van der Waals surface area contributed by atoms with Crippen molar-refractivity contribution in [3.63, 3.8) is 0 Å². The summed E-state index contributed by atoms with van der Waals surface area (Å²) in [5, 5.41) is 17.2. The van der Waals surface area contributed by atoms with E-state index < -0.39 is 11.9 Å². The van der Waals surface area contributed by atoms with Crippen LogP contribution in [0.5, 0.6) is 0 Å². The molecule has 0 heterocycles. The third kappa shape index (κ3) is 1.55. The monoisotopic (exact) mass is 185 g/mol. The average Bonchev–Trinajstić information content (AvgIpc) is 2.08. The van der Waals surface area contributed by atoms with Crippen molar-refractivity contribution in [2.45, 2.75) is 6.10 Å². The lowest BCUT2D eigenvalue weighted by Crippen LogP contribution is -1.97. The fourth-order valence-electron chi connectivity index (χ4n) is 0.801. The van der Waals surface area contributed by atoms with Crippen molar-refractivity contribution < 1.29 is 9.50 Å². The third-order valence-electron chi connectivity index (χ3n) is 1.40. The van der Waals surface area contributed by atoms with Crippen molar-refractivity contribution in [2.24, 2.45) is 0 Å².